The van der Waals surface area contributed by atoms with Crippen molar-refractivity contribution in [2.45, 2.75) is 20.5 Å². The number of rotatable bonds is 8. The number of halogens is 2. The fourth-order valence-electron chi connectivity index (χ4n) is 3.72. The average molecular weight is 627 g/mol. The lowest BCUT2D eigenvalue weighted by Crippen LogP contribution is -2.14. The van der Waals surface area contributed by atoms with E-state index in [1.807, 2.05) is 6.92 Å². The number of aliphatic hydroxyl groups is 1. The van der Waals surface area contributed by atoms with Crippen molar-refractivity contribution >= 4 is 50.7 Å². The highest BCUT2D eigenvalue weighted by molar-refractivity contribution is 9.10. The first-order chi connectivity index (χ1) is 19.2. The predicted molar refractivity (Wildman–Crippen MR) is 156 cm³/mol. The molecule has 3 aromatic carbocycles. The van der Waals surface area contributed by atoms with E-state index in [2.05, 4.69) is 20.9 Å². The highest BCUT2D eigenvalue weighted by Gasteiger charge is 2.34. The number of methoxy groups -OCH3 is 1. The summed E-state index contributed by atoms with van der Waals surface area (Å²) in [5, 5.41) is 11.0. The molecule has 0 saturated heterocycles. The number of aliphatic imine (C=N–C) groups is 1. The van der Waals surface area contributed by atoms with Crippen molar-refractivity contribution in [2.75, 3.05) is 13.7 Å². The van der Waals surface area contributed by atoms with Crippen LogP contribution >= 0.6 is 27.7 Å². The highest BCUT2D eigenvalue weighted by atomic mass is 79.9. The number of carbonyl (C=O) groups excluding carboxylic acids is 2. The van der Waals surface area contributed by atoms with Gasteiger partial charge in [0.1, 0.15) is 28.8 Å². The molecule has 0 radical (unpaired) electrons. The molecule has 0 atom stereocenters. The normalized spacial score (nSPS) is 15.0. The molecule has 206 valence electrons. The Morgan fingerprint density at radius 2 is 1.85 bits per heavy atom. The van der Waals surface area contributed by atoms with Gasteiger partial charge in [-0.15, -0.1) is 0 Å². The van der Waals surface area contributed by atoms with Crippen LogP contribution in [-0.4, -0.2) is 35.7 Å². The maximum atomic E-state index is 14.0. The molecule has 1 heterocycles. The van der Waals surface area contributed by atoms with Gasteiger partial charge in [0.2, 0.25) is 0 Å². The van der Waals surface area contributed by atoms with Crippen LogP contribution in [0.2, 0.25) is 0 Å². The Morgan fingerprint density at radius 3 is 2.52 bits per heavy atom. The number of carbonyl (C=O) groups is 2. The lowest BCUT2D eigenvalue weighted by molar-refractivity contribution is -0.138. The summed E-state index contributed by atoms with van der Waals surface area (Å²) in [6.07, 6.45) is 1.62. The molecule has 0 aromatic heterocycles. The molecule has 4 rings (SSSR count). The van der Waals surface area contributed by atoms with Crippen LogP contribution in [0.15, 0.2) is 86.4 Å². The van der Waals surface area contributed by atoms with Crippen molar-refractivity contribution in [2.24, 2.45) is 4.99 Å². The molecular weight excluding hydrogens is 601 g/mol. The van der Waals surface area contributed by atoms with E-state index in [9.17, 15) is 19.1 Å². The van der Waals surface area contributed by atoms with Crippen LogP contribution in [0.25, 0.3) is 6.08 Å². The van der Waals surface area contributed by atoms with E-state index < -0.39 is 11.9 Å². The summed E-state index contributed by atoms with van der Waals surface area (Å²) >= 11 is 4.45. The summed E-state index contributed by atoms with van der Waals surface area (Å²) in [5.74, 6) is -1.35. The van der Waals surface area contributed by atoms with Crippen LogP contribution < -0.4 is 9.47 Å². The van der Waals surface area contributed by atoms with Gasteiger partial charge in [0.15, 0.2) is 11.5 Å². The van der Waals surface area contributed by atoms with Crippen LogP contribution in [0.5, 0.6) is 11.5 Å². The van der Waals surface area contributed by atoms with Gasteiger partial charge in [0.05, 0.1) is 23.1 Å². The Bertz CT molecular complexity index is 1550. The first-order valence-electron chi connectivity index (χ1n) is 12.2. The third-order valence-corrected chi connectivity index (χ3v) is 7.36. The lowest BCUT2D eigenvalue weighted by atomic mass is 10.1. The Kier molecular flexibility index (Phi) is 9.44. The smallest absolute Gasteiger partial charge is 0.344 e. The van der Waals surface area contributed by atoms with Crippen molar-refractivity contribution in [3.63, 3.8) is 0 Å². The van der Waals surface area contributed by atoms with Crippen LogP contribution in [-0.2, 0) is 16.1 Å². The zero-order chi connectivity index (χ0) is 28.8. The Labute approximate surface area is 243 Å². The molecule has 0 saturated carbocycles. The van der Waals surface area contributed by atoms with Crippen LogP contribution in [0.1, 0.15) is 34.0 Å². The first kappa shape index (κ1) is 29.1. The Hall–Kier alpha value is -3.89. The summed E-state index contributed by atoms with van der Waals surface area (Å²) in [7, 11) is 1.47. The number of thioether (sulfide) groups is 1. The fourth-order valence-corrected chi connectivity index (χ4v) is 5.31. The van der Waals surface area contributed by atoms with Gasteiger partial charge >= 0.3 is 5.97 Å². The van der Waals surface area contributed by atoms with Gasteiger partial charge in [0.25, 0.3) is 5.91 Å². The summed E-state index contributed by atoms with van der Waals surface area (Å²) < 4.78 is 31.0. The second-order valence-electron chi connectivity index (χ2n) is 8.56. The van der Waals surface area contributed by atoms with Gasteiger partial charge in [-0.25, -0.2) is 14.2 Å². The van der Waals surface area contributed by atoms with E-state index in [-0.39, 0.29) is 40.3 Å². The molecule has 0 spiro atoms. The molecule has 0 aliphatic carbocycles. The van der Waals surface area contributed by atoms with E-state index in [4.69, 9.17) is 14.2 Å². The predicted octanol–water partition coefficient (Wildman–Crippen LogP) is 7.19. The van der Waals surface area contributed by atoms with Gasteiger partial charge < -0.3 is 19.3 Å². The van der Waals surface area contributed by atoms with Crippen molar-refractivity contribution in [3.05, 3.63) is 109 Å². The maximum Gasteiger partial charge on any atom is 0.344 e. The minimum atomic E-state index is -0.790. The SMILES string of the molecule is CCOC(=O)C1=C(O)/C(=C/c2cc(Br)c(OCc3ccccc3F)c(OC)c2)SC1=NC(=O)c1ccc(C)cc1. The number of ether oxygens (including phenoxy) is 3. The number of hydrogen-bond donors (Lipinski definition) is 1. The zero-order valence-electron chi connectivity index (χ0n) is 21.9. The largest absolute Gasteiger partial charge is 0.506 e. The number of aryl methyl sites for hydroxylation is 1. The van der Waals surface area contributed by atoms with Gasteiger partial charge in [-0.05, 0) is 71.7 Å². The molecule has 1 N–H and O–H groups in total. The maximum absolute atomic E-state index is 14.0. The number of esters is 1. The molecule has 3 aromatic rings. The number of aliphatic hydroxyl groups excluding tert-OH is 1. The first-order valence-corrected chi connectivity index (χ1v) is 13.8. The van der Waals surface area contributed by atoms with Crippen LogP contribution in [0.4, 0.5) is 4.39 Å². The van der Waals surface area contributed by atoms with Gasteiger partial charge in [-0.2, -0.15) is 0 Å². The van der Waals surface area contributed by atoms with E-state index in [0.29, 0.717) is 32.7 Å². The van der Waals surface area contributed by atoms with Crippen molar-refractivity contribution in [3.8, 4) is 11.5 Å². The molecule has 10 heteroatoms. The minimum Gasteiger partial charge on any atom is -0.506 e. The molecular formula is C30H25BrFNO6S. The topological polar surface area (TPSA) is 94.4 Å². The fraction of sp³-hybridized carbons (Fsp3) is 0.167. The molecule has 0 fully saturated rings. The quantitative estimate of drug-likeness (QED) is 0.265. The van der Waals surface area contributed by atoms with Crippen molar-refractivity contribution in [1.82, 2.24) is 0 Å². The third kappa shape index (κ3) is 6.63. The van der Waals surface area contributed by atoms with Crippen molar-refractivity contribution in [1.29, 1.82) is 0 Å². The summed E-state index contributed by atoms with van der Waals surface area (Å²) in [6.45, 7) is 3.61. The van der Waals surface area contributed by atoms with E-state index in [0.717, 1.165) is 17.3 Å². The summed E-state index contributed by atoms with van der Waals surface area (Å²) in [4.78, 5) is 29.9. The highest BCUT2D eigenvalue weighted by Crippen LogP contribution is 2.42. The van der Waals surface area contributed by atoms with Gasteiger partial charge in [-0.1, -0.05) is 47.7 Å². The average Bonchev–Trinajstić information content (AvgIpc) is 3.23. The second kappa shape index (κ2) is 13.0. The van der Waals surface area contributed by atoms with Gasteiger partial charge in [-0.3, -0.25) is 4.79 Å². The van der Waals surface area contributed by atoms with E-state index in [1.54, 1.807) is 67.6 Å². The van der Waals surface area contributed by atoms with Crippen LogP contribution in [0, 0.1) is 12.7 Å². The van der Waals surface area contributed by atoms with E-state index in [1.165, 1.54) is 13.2 Å². The molecule has 0 bridgehead atoms. The third-order valence-electron chi connectivity index (χ3n) is 5.75. The monoisotopic (exact) mass is 625 g/mol. The number of nitrogens with zero attached hydrogens (tertiary/aromatic N) is 1. The summed E-state index contributed by atoms with van der Waals surface area (Å²) in [5.41, 5.74) is 2.12. The molecule has 1 aliphatic rings. The van der Waals surface area contributed by atoms with E-state index >= 15 is 0 Å². The molecule has 1 amide bonds. The second-order valence-corrected chi connectivity index (χ2v) is 10.4. The standard InChI is InChI=1S/C30H25BrFNO6S/c1-4-38-30(36)25-26(34)24(40-29(25)33-28(35)19-11-9-17(2)10-12-19)15-18-13-21(31)27(23(14-18)37-3)39-16-20-7-5-6-8-22(20)32/h5-15,34H,4,16H2,1-3H3/b24-15-,33-29?. The summed E-state index contributed by atoms with van der Waals surface area (Å²) in [6, 6.07) is 16.6. The number of hydrogen-bond acceptors (Lipinski definition) is 7. The Morgan fingerprint density at radius 1 is 1.12 bits per heavy atom. The Balaban J connectivity index is 1.66. The minimum absolute atomic E-state index is 0.0147. The van der Waals surface area contributed by atoms with Crippen molar-refractivity contribution < 1.29 is 33.3 Å². The number of benzene rings is 3. The van der Waals surface area contributed by atoms with Crippen LogP contribution in [0.3, 0.4) is 0 Å². The zero-order valence-corrected chi connectivity index (χ0v) is 24.3. The number of amides is 1. The molecule has 0 unspecified atom stereocenters. The molecule has 40 heavy (non-hydrogen) atoms. The lowest BCUT2D eigenvalue weighted by Gasteiger charge is -2.14. The molecule has 1 aliphatic heterocycles. The molecule has 7 nitrogen and oxygen atoms in total. The van der Waals surface area contributed by atoms with Gasteiger partial charge in [0, 0.05) is 11.1 Å².